The van der Waals surface area contributed by atoms with Crippen molar-refractivity contribution < 1.29 is 35.9 Å². The maximum Gasteiger partial charge on any atom is 0.416 e. The standard InChI is InChI=1S/C31H35ClF3N3O5S/c1-21(2)18-36-30(40)28(16-22-9-6-5-7-10-22)37(19-23-11-8-12-25(15-23)43-3)29(39)20-38(44(4,41)42)27-17-24(31(33,34)35)13-14-26(27)32/h5-15,17,21,28H,16,18-20H2,1-4H3,(H,36,40)/t28-/m1/s1. The number of alkyl halides is 3. The first-order chi connectivity index (χ1) is 20.6. The van der Waals surface area contributed by atoms with E-state index in [0.29, 0.717) is 28.2 Å². The summed E-state index contributed by atoms with van der Waals surface area (Å²) in [6.45, 7) is 3.10. The number of carbonyl (C=O) groups is 2. The first-order valence-corrected chi connectivity index (χ1v) is 15.9. The predicted octanol–water partition coefficient (Wildman–Crippen LogP) is 5.55. The summed E-state index contributed by atoms with van der Waals surface area (Å²) < 4.78 is 72.3. The molecular weight excluding hydrogens is 619 g/mol. The van der Waals surface area contributed by atoms with Gasteiger partial charge in [0.1, 0.15) is 18.3 Å². The highest BCUT2D eigenvalue weighted by atomic mass is 35.5. The van der Waals surface area contributed by atoms with Gasteiger partial charge in [0.2, 0.25) is 21.8 Å². The molecule has 0 fully saturated rings. The Labute approximate surface area is 260 Å². The number of hydrogen-bond donors (Lipinski definition) is 1. The van der Waals surface area contributed by atoms with Gasteiger partial charge in [-0.1, -0.05) is 67.9 Å². The zero-order valence-corrected chi connectivity index (χ0v) is 26.3. The van der Waals surface area contributed by atoms with Crippen LogP contribution in [-0.2, 0) is 38.8 Å². The fourth-order valence-electron chi connectivity index (χ4n) is 4.42. The average molecular weight is 654 g/mol. The summed E-state index contributed by atoms with van der Waals surface area (Å²) in [6, 6.07) is 16.9. The Morgan fingerprint density at radius 3 is 2.23 bits per heavy atom. The number of halogens is 4. The summed E-state index contributed by atoms with van der Waals surface area (Å²) in [5.74, 6) is -0.705. The number of benzene rings is 3. The van der Waals surface area contributed by atoms with Crippen molar-refractivity contribution in [2.75, 3.05) is 30.8 Å². The molecule has 2 amide bonds. The summed E-state index contributed by atoms with van der Waals surface area (Å²) in [5.41, 5.74) is -0.333. The topological polar surface area (TPSA) is 96.0 Å². The lowest BCUT2D eigenvalue weighted by atomic mass is 10.0. The van der Waals surface area contributed by atoms with Crippen LogP contribution in [0.4, 0.5) is 18.9 Å². The number of sulfonamides is 1. The number of anilines is 1. The van der Waals surface area contributed by atoms with E-state index in [-0.39, 0.29) is 23.9 Å². The summed E-state index contributed by atoms with van der Waals surface area (Å²) in [6.07, 6.45) is -3.94. The minimum atomic E-state index is -4.79. The predicted molar refractivity (Wildman–Crippen MR) is 164 cm³/mol. The maximum atomic E-state index is 14.1. The Balaban J connectivity index is 2.12. The Morgan fingerprint density at radius 2 is 1.64 bits per heavy atom. The van der Waals surface area contributed by atoms with Gasteiger partial charge >= 0.3 is 6.18 Å². The Bertz CT molecular complexity index is 1550. The number of rotatable bonds is 13. The van der Waals surface area contributed by atoms with Gasteiger partial charge in [0, 0.05) is 19.5 Å². The van der Waals surface area contributed by atoms with Crippen LogP contribution in [0, 0.1) is 5.92 Å². The lowest BCUT2D eigenvalue weighted by molar-refractivity contribution is -0.140. The van der Waals surface area contributed by atoms with Crippen LogP contribution >= 0.6 is 11.6 Å². The van der Waals surface area contributed by atoms with Crippen LogP contribution in [0.3, 0.4) is 0 Å². The van der Waals surface area contributed by atoms with Crippen molar-refractivity contribution in [2.45, 2.75) is 39.0 Å². The molecule has 3 rings (SSSR count). The second kappa shape index (κ2) is 14.8. The number of nitrogens with one attached hydrogen (secondary N) is 1. The molecular formula is C31H35ClF3N3O5S. The van der Waals surface area contributed by atoms with Gasteiger partial charge in [0.15, 0.2) is 0 Å². The number of nitrogens with zero attached hydrogens (tertiary/aromatic N) is 2. The van der Waals surface area contributed by atoms with Crippen molar-refractivity contribution in [3.05, 3.63) is 94.5 Å². The summed E-state index contributed by atoms with van der Waals surface area (Å²) >= 11 is 6.19. The second-order valence-corrected chi connectivity index (χ2v) is 13.0. The van der Waals surface area contributed by atoms with E-state index in [0.717, 1.165) is 24.0 Å². The molecule has 0 spiro atoms. The van der Waals surface area contributed by atoms with Crippen molar-refractivity contribution in [3.63, 3.8) is 0 Å². The molecule has 44 heavy (non-hydrogen) atoms. The Kier molecular flexibility index (Phi) is 11.7. The molecule has 0 aliphatic rings. The highest BCUT2D eigenvalue weighted by Gasteiger charge is 2.36. The molecule has 3 aromatic carbocycles. The van der Waals surface area contributed by atoms with Gasteiger partial charge in [0.05, 0.1) is 29.6 Å². The molecule has 1 atom stereocenters. The van der Waals surface area contributed by atoms with Crippen LogP contribution < -0.4 is 14.4 Å². The summed E-state index contributed by atoms with van der Waals surface area (Å²) in [7, 11) is -2.85. The van der Waals surface area contributed by atoms with Gasteiger partial charge in [-0.05, 0) is 47.4 Å². The zero-order chi connectivity index (χ0) is 32.7. The second-order valence-electron chi connectivity index (χ2n) is 10.7. The average Bonchev–Trinajstić information content (AvgIpc) is 2.96. The van der Waals surface area contributed by atoms with Crippen molar-refractivity contribution in [2.24, 2.45) is 5.92 Å². The molecule has 13 heteroatoms. The van der Waals surface area contributed by atoms with E-state index < -0.39 is 51.9 Å². The SMILES string of the molecule is COc1cccc(CN(C(=O)CN(c2cc(C(F)(F)F)ccc2Cl)S(C)(=O)=O)[C@H](Cc2ccccc2)C(=O)NCC(C)C)c1. The van der Waals surface area contributed by atoms with E-state index in [4.69, 9.17) is 16.3 Å². The molecule has 1 N–H and O–H groups in total. The van der Waals surface area contributed by atoms with Gasteiger partial charge in [-0.3, -0.25) is 13.9 Å². The molecule has 0 unspecified atom stereocenters. The van der Waals surface area contributed by atoms with Crippen LogP contribution in [0.5, 0.6) is 5.75 Å². The lowest BCUT2D eigenvalue weighted by Gasteiger charge is -2.34. The molecule has 0 aliphatic carbocycles. The third-order valence-electron chi connectivity index (χ3n) is 6.66. The molecule has 238 valence electrons. The minimum absolute atomic E-state index is 0.0870. The van der Waals surface area contributed by atoms with Crippen LogP contribution in [-0.4, -0.2) is 57.6 Å². The molecule has 0 heterocycles. The van der Waals surface area contributed by atoms with Crippen LogP contribution in [0.1, 0.15) is 30.5 Å². The fraction of sp³-hybridized carbons (Fsp3) is 0.355. The maximum absolute atomic E-state index is 14.1. The first-order valence-electron chi connectivity index (χ1n) is 13.7. The van der Waals surface area contributed by atoms with E-state index in [1.807, 2.05) is 13.8 Å². The molecule has 0 aromatic heterocycles. The molecule has 0 saturated heterocycles. The Hall–Kier alpha value is -3.77. The quantitative estimate of drug-likeness (QED) is 0.261. The fourth-order valence-corrected chi connectivity index (χ4v) is 5.54. The van der Waals surface area contributed by atoms with Crippen LogP contribution in [0.2, 0.25) is 5.02 Å². The first kappa shape index (κ1) is 34.7. The lowest BCUT2D eigenvalue weighted by Crippen LogP contribution is -2.53. The van der Waals surface area contributed by atoms with Crippen molar-refractivity contribution in [3.8, 4) is 5.75 Å². The normalized spacial score (nSPS) is 12.5. The number of ether oxygens (including phenoxy) is 1. The van der Waals surface area contributed by atoms with Gasteiger partial charge in [-0.25, -0.2) is 8.42 Å². The van der Waals surface area contributed by atoms with Crippen LogP contribution in [0.25, 0.3) is 0 Å². The van der Waals surface area contributed by atoms with Gasteiger partial charge in [-0.15, -0.1) is 0 Å². The molecule has 8 nitrogen and oxygen atoms in total. The van der Waals surface area contributed by atoms with Crippen molar-refractivity contribution in [1.29, 1.82) is 0 Å². The molecule has 0 bridgehead atoms. The largest absolute Gasteiger partial charge is 0.497 e. The van der Waals surface area contributed by atoms with E-state index in [1.165, 1.54) is 12.0 Å². The smallest absolute Gasteiger partial charge is 0.416 e. The molecule has 3 aromatic rings. The summed E-state index contributed by atoms with van der Waals surface area (Å²) in [5, 5.41) is 2.56. The minimum Gasteiger partial charge on any atom is -0.497 e. The zero-order valence-electron chi connectivity index (χ0n) is 24.8. The molecule has 0 saturated carbocycles. The highest BCUT2D eigenvalue weighted by molar-refractivity contribution is 7.92. The highest BCUT2D eigenvalue weighted by Crippen LogP contribution is 2.36. The van der Waals surface area contributed by atoms with E-state index in [9.17, 15) is 31.2 Å². The number of methoxy groups -OCH3 is 1. The van der Waals surface area contributed by atoms with Crippen molar-refractivity contribution in [1.82, 2.24) is 10.2 Å². The third kappa shape index (κ3) is 9.62. The van der Waals surface area contributed by atoms with E-state index in [2.05, 4.69) is 5.32 Å². The Morgan fingerprint density at radius 1 is 0.977 bits per heavy atom. The van der Waals surface area contributed by atoms with E-state index >= 15 is 0 Å². The van der Waals surface area contributed by atoms with Gasteiger partial charge in [-0.2, -0.15) is 13.2 Å². The van der Waals surface area contributed by atoms with E-state index in [1.54, 1.807) is 54.6 Å². The number of hydrogen-bond acceptors (Lipinski definition) is 5. The van der Waals surface area contributed by atoms with Crippen molar-refractivity contribution >= 4 is 39.1 Å². The number of amides is 2. The molecule has 0 aliphatic heterocycles. The number of carbonyl (C=O) groups excluding carboxylic acids is 2. The molecule has 0 radical (unpaired) electrons. The summed E-state index contributed by atoms with van der Waals surface area (Å²) in [4.78, 5) is 29.0. The monoisotopic (exact) mass is 653 g/mol. The van der Waals surface area contributed by atoms with Gasteiger partial charge < -0.3 is 15.0 Å². The van der Waals surface area contributed by atoms with Crippen LogP contribution in [0.15, 0.2) is 72.8 Å². The van der Waals surface area contributed by atoms with Gasteiger partial charge in [0.25, 0.3) is 0 Å². The third-order valence-corrected chi connectivity index (χ3v) is 8.11.